The van der Waals surface area contributed by atoms with E-state index in [9.17, 15) is 9.59 Å². The minimum atomic E-state index is -0.584. The van der Waals surface area contributed by atoms with Gasteiger partial charge < -0.3 is 14.8 Å². The lowest BCUT2D eigenvalue weighted by atomic mass is 10.1. The molecular formula is C20H17ClN2O4. The molecule has 2 aromatic carbocycles. The molecule has 0 saturated carbocycles. The number of pyridine rings is 1. The molecule has 27 heavy (non-hydrogen) atoms. The van der Waals surface area contributed by atoms with Crippen LogP contribution >= 0.6 is 11.6 Å². The molecule has 3 rings (SSSR count). The van der Waals surface area contributed by atoms with Gasteiger partial charge in [-0.2, -0.15) is 0 Å². The van der Waals surface area contributed by atoms with Crippen molar-refractivity contribution in [2.45, 2.75) is 6.92 Å². The minimum Gasteiger partial charge on any atom is -0.495 e. The van der Waals surface area contributed by atoms with Crippen LogP contribution < -0.4 is 10.1 Å². The second-order valence-electron chi connectivity index (χ2n) is 5.80. The second-order valence-corrected chi connectivity index (χ2v) is 6.21. The standard InChI is InChI=1S/C20H17ClN2O4/c1-12-9-15(14-5-3-4-6-17(14)22-12)20(25)27-11-19(24)23-13-7-8-18(26-2)16(21)10-13/h3-10H,11H2,1-2H3,(H,23,24). The van der Waals surface area contributed by atoms with Crippen LogP contribution in [0.1, 0.15) is 16.1 Å². The zero-order chi connectivity index (χ0) is 19.4. The lowest BCUT2D eigenvalue weighted by Gasteiger charge is -2.10. The quantitative estimate of drug-likeness (QED) is 0.673. The molecule has 0 aliphatic carbocycles. The van der Waals surface area contributed by atoms with E-state index < -0.39 is 18.5 Å². The number of halogens is 1. The highest BCUT2D eigenvalue weighted by Crippen LogP contribution is 2.27. The van der Waals surface area contributed by atoms with Crippen molar-refractivity contribution in [3.63, 3.8) is 0 Å². The van der Waals surface area contributed by atoms with E-state index >= 15 is 0 Å². The molecule has 0 aliphatic heterocycles. The molecule has 3 aromatic rings. The van der Waals surface area contributed by atoms with Gasteiger partial charge in [-0.05, 0) is 37.3 Å². The molecule has 0 unspecified atom stereocenters. The molecule has 7 heteroatoms. The van der Waals surface area contributed by atoms with Gasteiger partial charge in [0.15, 0.2) is 6.61 Å². The molecule has 0 atom stereocenters. The molecule has 138 valence electrons. The fourth-order valence-corrected chi connectivity index (χ4v) is 2.88. The number of anilines is 1. The van der Waals surface area contributed by atoms with Crippen LogP contribution in [0.2, 0.25) is 5.02 Å². The summed E-state index contributed by atoms with van der Waals surface area (Å²) in [5.41, 5.74) is 2.24. The number of esters is 1. The van der Waals surface area contributed by atoms with Crippen LogP contribution in [0.15, 0.2) is 48.5 Å². The van der Waals surface area contributed by atoms with Crippen LogP contribution in [0.25, 0.3) is 10.9 Å². The van der Waals surface area contributed by atoms with Crippen LogP contribution in [-0.4, -0.2) is 30.6 Å². The highest BCUT2D eigenvalue weighted by Gasteiger charge is 2.15. The number of rotatable bonds is 5. The maximum absolute atomic E-state index is 12.4. The number of hydrogen-bond acceptors (Lipinski definition) is 5. The topological polar surface area (TPSA) is 77.5 Å². The maximum atomic E-state index is 12.4. The van der Waals surface area contributed by atoms with E-state index in [-0.39, 0.29) is 0 Å². The predicted octanol–water partition coefficient (Wildman–Crippen LogP) is 4.00. The minimum absolute atomic E-state index is 0.367. The lowest BCUT2D eigenvalue weighted by molar-refractivity contribution is -0.119. The first-order valence-corrected chi connectivity index (χ1v) is 8.52. The highest BCUT2D eigenvalue weighted by atomic mass is 35.5. The van der Waals surface area contributed by atoms with Gasteiger partial charge in [-0.25, -0.2) is 4.79 Å². The van der Waals surface area contributed by atoms with E-state index in [1.165, 1.54) is 7.11 Å². The molecule has 0 radical (unpaired) electrons. The van der Waals surface area contributed by atoms with Gasteiger partial charge in [0.2, 0.25) is 0 Å². The van der Waals surface area contributed by atoms with Crippen LogP contribution in [-0.2, 0) is 9.53 Å². The van der Waals surface area contributed by atoms with Crippen molar-refractivity contribution in [2.75, 3.05) is 19.0 Å². The fraction of sp³-hybridized carbons (Fsp3) is 0.150. The van der Waals surface area contributed by atoms with Crippen molar-refractivity contribution in [3.05, 3.63) is 64.8 Å². The Morgan fingerprint density at radius 3 is 2.67 bits per heavy atom. The Morgan fingerprint density at radius 1 is 1.15 bits per heavy atom. The summed E-state index contributed by atoms with van der Waals surface area (Å²) in [6.07, 6.45) is 0. The zero-order valence-electron chi connectivity index (χ0n) is 14.8. The number of methoxy groups -OCH3 is 1. The Bertz CT molecular complexity index is 1020. The third-order valence-corrected chi connectivity index (χ3v) is 4.13. The number of aromatic nitrogens is 1. The number of ether oxygens (including phenoxy) is 2. The summed E-state index contributed by atoms with van der Waals surface area (Å²) in [6.45, 7) is 1.38. The summed E-state index contributed by atoms with van der Waals surface area (Å²) in [7, 11) is 1.50. The van der Waals surface area contributed by atoms with Crippen molar-refractivity contribution >= 4 is 40.1 Å². The molecule has 0 saturated heterocycles. The lowest BCUT2D eigenvalue weighted by Crippen LogP contribution is -2.21. The number of nitrogens with one attached hydrogen (secondary N) is 1. The number of fused-ring (bicyclic) bond motifs is 1. The number of carbonyl (C=O) groups excluding carboxylic acids is 2. The highest BCUT2D eigenvalue weighted by molar-refractivity contribution is 6.32. The third-order valence-electron chi connectivity index (χ3n) is 3.83. The van der Waals surface area contributed by atoms with Crippen LogP contribution in [0.5, 0.6) is 5.75 Å². The van der Waals surface area contributed by atoms with Crippen molar-refractivity contribution in [2.24, 2.45) is 0 Å². The Balaban J connectivity index is 1.67. The van der Waals surface area contributed by atoms with Gasteiger partial charge in [-0.15, -0.1) is 0 Å². The smallest absolute Gasteiger partial charge is 0.339 e. The van der Waals surface area contributed by atoms with E-state index in [0.29, 0.717) is 38.6 Å². The van der Waals surface area contributed by atoms with Gasteiger partial charge in [0.1, 0.15) is 5.75 Å². The molecule has 1 amide bonds. The predicted molar refractivity (Wildman–Crippen MR) is 103 cm³/mol. The molecule has 0 fully saturated rings. The first-order valence-electron chi connectivity index (χ1n) is 8.15. The first kappa shape index (κ1) is 18.7. The Kier molecular flexibility index (Phi) is 5.57. The van der Waals surface area contributed by atoms with Gasteiger partial charge in [0, 0.05) is 16.8 Å². The maximum Gasteiger partial charge on any atom is 0.339 e. The average Bonchev–Trinajstić information content (AvgIpc) is 2.65. The third kappa shape index (κ3) is 4.35. The molecular weight excluding hydrogens is 368 g/mol. The number of amides is 1. The van der Waals surface area contributed by atoms with Gasteiger partial charge in [-0.3, -0.25) is 9.78 Å². The summed E-state index contributed by atoms with van der Waals surface area (Å²) in [5.74, 6) is -0.555. The van der Waals surface area contributed by atoms with Crippen LogP contribution in [0, 0.1) is 6.92 Å². The summed E-state index contributed by atoms with van der Waals surface area (Å²) in [6, 6.07) is 13.7. The normalized spacial score (nSPS) is 10.5. The van der Waals surface area contributed by atoms with E-state index in [1.807, 2.05) is 18.2 Å². The Labute approximate surface area is 161 Å². The molecule has 0 bridgehead atoms. The number of benzene rings is 2. The number of hydrogen-bond donors (Lipinski definition) is 1. The monoisotopic (exact) mass is 384 g/mol. The van der Waals surface area contributed by atoms with Gasteiger partial charge in [0.25, 0.3) is 5.91 Å². The zero-order valence-corrected chi connectivity index (χ0v) is 15.5. The Hall–Kier alpha value is -3.12. The first-order chi connectivity index (χ1) is 13.0. The largest absolute Gasteiger partial charge is 0.495 e. The van der Waals surface area contributed by atoms with Crippen LogP contribution in [0.4, 0.5) is 5.69 Å². The van der Waals surface area contributed by atoms with E-state index in [1.54, 1.807) is 37.3 Å². The average molecular weight is 385 g/mol. The SMILES string of the molecule is COc1ccc(NC(=O)COC(=O)c2cc(C)nc3ccccc23)cc1Cl. The van der Waals surface area contributed by atoms with Crippen molar-refractivity contribution in [1.29, 1.82) is 0 Å². The van der Waals surface area contributed by atoms with Gasteiger partial charge >= 0.3 is 5.97 Å². The van der Waals surface area contributed by atoms with Crippen molar-refractivity contribution in [3.8, 4) is 5.75 Å². The molecule has 1 N–H and O–H groups in total. The summed E-state index contributed by atoms with van der Waals surface area (Å²) < 4.78 is 10.2. The number of para-hydroxylation sites is 1. The van der Waals surface area contributed by atoms with E-state index in [0.717, 1.165) is 0 Å². The van der Waals surface area contributed by atoms with Gasteiger partial charge in [0.05, 0.1) is 23.2 Å². The number of carbonyl (C=O) groups is 2. The fourth-order valence-electron chi connectivity index (χ4n) is 2.63. The summed E-state index contributed by atoms with van der Waals surface area (Å²) >= 11 is 6.02. The number of aryl methyl sites for hydroxylation is 1. The van der Waals surface area contributed by atoms with Crippen molar-refractivity contribution < 1.29 is 19.1 Å². The van der Waals surface area contributed by atoms with E-state index in [2.05, 4.69) is 10.3 Å². The molecule has 1 aromatic heterocycles. The Morgan fingerprint density at radius 2 is 1.93 bits per heavy atom. The van der Waals surface area contributed by atoms with E-state index in [4.69, 9.17) is 21.1 Å². The van der Waals surface area contributed by atoms with Gasteiger partial charge in [-0.1, -0.05) is 29.8 Å². The van der Waals surface area contributed by atoms with Crippen molar-refractivity contribution in [1.82, 2.24) is 4.98 Å². The van der Waals surface area contributed by atoms with Crippen LogP contribution in [0.3, 0.4) is 0 Å². The summed E-state index contributed by atoms with van der Waals surface area (Å²) in [5, 5.41) is 3.66. The molecule has 0 aliphatic rings. The number of nitrogens with zero attached hydrogens (tertiary/aromatic N) is 1. The molecule has 6 nitrogen and oxygen atoms in total. The second kappa shape index (κ2) is 8.05. The summed E-state index contributed by atoms with van der Waals surface area (Å²) in [4.78, 5) is 28.9. The molecule has 1 heterocycles. The molecule has 0 spiro atoms.